The molecule has 2 aromatic carbocycles. The van der Waals surface area contributed by atoms with Crippen LogP contribution in [0.15, 0.2) is 41.4 Å². The summed E-state index contributed by atoms with van der Waals surface area (Å²) in [6.45, 7) is 9.00. The first kappa shape index (κ1) is 18.1. The number of ether oxygens (including phenoxy) is 1. The lowest BCUT2D eigenvalue weighted by Gasteiger charge is -2.43. The van der Waals surface area contributed by atoms with Crippen LogP contribution in [-0.4, -0.2) is 23.8 Å². The van der Waals surface area contributed by atoms with Gasteiger partial charge >= 0.3 is 0 Å². The van der Waals surface area contributed by atoms with E-state index in [0.717, 1.165) is 29.0 Å². The van der Waals surface area contributed by atoms with E-state index < -0.39 is 0 Å². The highest BCUT2D eigenvalue weighted by atomic mass is 35.5. The number of benzene rings is 2. The van der Waals surface area contributed by atoms with E-state index in [1.54, 1.807) is 12.1 Å². The predicted molar refractivity (Wildman–Crippen MR) is 110 cm³/mol. The Morgan fingerprint density at radius 1 is 1.26 bits per heavy atom. The van der Waals surface area contributed by atoms with E-state index in [1.807, 2.05) is 30.0 Å². The van der Waals surface area contributed by atoms with Gasteiger partial charge in [-0.15, -0.1) is 0 Å². The minimum absolute atomic E-state index is 0.0493. The summed E-state index contributed by atoms with van der Waals surface area (Å²) >= 11 is 5.98. The van der Waals surface area contributed by atoms with Gasteiger partial charge in [-0.25, -0.2) is 4.99 Å². The Morgan fingerprint density at radius 2 is 1.96 bits per heavy atom. The molecule has 0 radical (unpaired) electrons. The molecule has 140 valence electrons. The van der Waals surface area contributed by atoms with Crippen molar-refractivity contribution in [3.63, 3.8) is 0 Å². The van der Waals surface area contributed by atoms with Gasteiger partial charge < -0.3 is 9.64 Å². The molecule has 2 aromatic rings. The third-order valence-corrected chi connectivity index (χ3v) is 5.57. The molecule has 2 heterocycles. The van der Waals surface area contributed by atoms with E-state index in [0.29, 0.717) is 28.9 Å². The summed E-state index contributed by atoms with van der Waals surface area (Å²) < 4.78 is 5.78. The largest absolute Gasteiger partial charge is 0.494 e. The Kier molecular flexibility index (Phi) is 4.26. The standard InChI is InChI=1S/C22H23ClN2O2/c1-5-27-16-10-17-13(2)12-22(3,4)25-20(17)18(11-16)19(21(25)26)24-15-8-6-14(23)7-9-15/h6-11,13H,5,12H2,1-4H3/t13-/m0/s1. The van der Waals surface area contributed by atoms with Crippen LogP contribution in [0.5, 0.6) is 5.75 Å². The Bertz CT molecular complexity index is 948. The molecule has 5 heteroatoms. The first-order valence-electron chi connectivity index (χ1n) is 9.31. The highest BCUT2D eigenvalue weighted by Gasteiger charge is 2.48. The Morgan fingerprint density at radius 3 is 2.63 bits per heavy atom. The number of carbonyl (C=O) groups is 1. The van der Waals surface area contributed by atoms with Gasteiger partial charge in [0.15, 0.2) is 0 Å². The van der Waals surface area contributed by atoms with Crippen molar-refractivity contribution in [3.05, 3.63) is 52.5 Å². The highest BCUT2D eigenvalue weighted by molar-refractivity contribution is 6.55. The third-order valence-electron chi connectivity index (χ3n) is 5.32. The molecule has 0 N–H and O–H groups in total. The molecule has 0 aromatic heterocycles. The normalized spacial score (nSPS) is 21.5. The summed E-state index contributed by atoms with van der Waals surface area (Å²) in [6.07, 6.45) is 0.898. The summed E-state index contributed by atoms with van der Waals surface area (Å²) in [7, 11) is 0. The molecule has 27 heavy (non-hydrogen) atoms. The van der Waals surface area contributed by atoms with E-state index in [2.05, 4.69) is 26.8 Å². The fraction of sp³-hybridized carbons (Fsp3) is 0.364. The summed E-state index contributed by atoms with van der Waals surface area (Å²) in [5.41, 5.74) is 3.92. The van der Waals surface area contributed by atoms with Crippen LogP contribution in [0.2, 0.25) is 5.02 Å². The van der Waals surface area contributed by atoms with Crippen LogP contribution in [0.25, 0.3) is 0 Å². The number of hydrogen-bond acceptors (Lipinski definition) is 3. The molecule has 2 aliphatic heterocycles. The van der Waals surface area contributed by atoms with Crippen molar-refractivity contribution in [2.45, 2.75) is 45.6 Å². The van der Waals surface area contributed by atoms with Gasteiger partial charge in [-0.3, -0.25) is 4.79 Å². The van der Waals surface area contributed by atoms with Crippen molar-refractivity contribution in [3.8, 4) is 5.75 Å². The second kappa shape index (κ2) is 6.38. The Hall–Kier alpha value is -2.33. The summed E-state index contributed by atoms with van der Waals surface area (Å²) in [4.78, 5) is 20.0. The zero-order chi connectivity index (χ0) is 19.3. The first-order chi connectivity index (χ1) is 12.8. The molecule has 0 fully saturated rings. The van der Waals surface area contributed by atoms with Crippen molar-refractivity contribution in [1.82, 2.24) is 0 Å². The molecule has 2 aliphatic rings. The zero-order valence-corrected chi connectivity index (χ0v) is 16.8. The smallest absolute Gasteiger partial charge is 0.278 e. The van der Waals surface area contributed by atoms with E-state index >= 15 is 0 Å². The molecule has 0 unspecified atom stereocenters. The molecule has 0 saturated carbocycles. The lowest BCUT2D eigenvalue weighted by Crippen LogP contribution is -2.50. The number of halogens is 1. The van der Waals surface area contributed by atoms with Gasteiger partial charge in [-0.05, 0) is 75.1 Å². The second-order valence-electron chi connectivity index (χ2n) is 7.84. The lowest BCUT2D eigenvalue weighted by atomic mass is 9.80. The van der Waals surface area contributed by atoms with Gasteiger partial charge in [-0.1, -0.05) is 18.5 Å². The average Bonchev–Trinajstić information content (AvgIpc) is 2.88. The monoisotopic (exact) mass is 382 g/mol. The fourth-order valence-corrected chi connectivity index (χ4v) is 4.41. The quantitative estimate of drug-likeness (QED) is 0.704. The topological polar surface area (TPSA) is 41.9 Å². The summed E-state index contributed by atoms with van der Waals surface area (Å²) in [6, 6.07) is 11.2. The maximum absolute atomic E-state index is 13.4. The van der Waals surface area contributed by atoms with Crippen LogP contribution >= 0.6 is 11.6 Å². The Balaban J connectivity index is 1.94. The number of rotatable bonds is 3. The summed E-state index contributed by atoms with van der Waals surface area (Å²) in [5.74, 6) is 1.08. The van der Waals surface area contributed by atoms with E-state index in [-0.39, 0.29) is 11.4 Å². The molecule has 0 aliphatic carbocycles. The minimum Gasteiger partial charge on any atom is -0.494 e. The molecule has 0 bridgehead atoms. The highest BCUT2D eigenvalue weighted by Crippen LogP contribution is 2.50. The number of amides is 1. The molecule has 4 nitrogen and oxygen atoms in total. The summed E-state index contributed by atoms with van der Waals surface area (Å²) in [5, 5.41) is 0.646. The molecule has 0 spiro atoms. The molecule has 1 amide bonds. The second-order valence-corrected chi connectivity index (χ2v) is 8.27. The van der Waals surface area contributed by atoms with Crippen LogP contribution < -0.4 is 9.64 Å². The van der Waals surface area contributed by atoms with Gasteiger partial charge in [0.05, 0.1) is 18.0 Å². The molecule has 4 rings (SSSR count). The van der Waals surface area contributed by atoms with Crippen LogP contribution in [0.4, 0.5) is 11.4 Å². The van der Waals surface area contributed by atoms with Crippen LogP contribution in [0, 0.1) is 0 Å². The predicted octanol–water partition coefficient (Wildman–Crippen LogP) is 5.49. The van der Waals surface area contributed by atoms with Crippen molar-refractivity contribution in [1.29, 1.82) is 0 Å². The fourth-order valence-electron chi connectivity index (χ4n) is 4.29. The average molecular weight is 383 g/mol. The van der Waals surface area contributed by atoms with Gasteiger partial charge in [0.1, 0.15) is 11.5 Å². The number of carbonyl (C=O) groups excluding carboxylic acids is 1. The molecular formula is C22H23ClN2O2. The van der Waals surface area contributed by atoms with E-state index in [9.17, 15) is 4.79 Å². The van der Waals surface area contributed by atoms with Crippen molar-refractivity contribution < 1.29 is 9.53 Å². The molecule has 0 saturated heterocycles. The Labute approximate surface area is 164 Å². The van der Waals surface area contributed by atoms with Gasteiger partial charge in [0.2, 0.25) is 0 Å². The van der Waals surface area contributed by atoms with Crippen LogP contribution in [0.1, 0.15) is 51.2 Å². The molecule has 1 atom stereocenters. The van der Waals surface area contributed by atoms with Gasteiger partial charge in [0.25, 0.3) is 5.91 Å². The van der Waals surface area contributed by atoms with Gasteiger partial charge in [-0.2, -0.15) is 0 Å². The van der Waals surface area contributed by atoms with Crippen LogP contribution in [0.3, 0.4) is 0 Å². The van der Waals surface area contributed by atoms with Crippen LogP contribution in [-0.2, 0) is 4.79 Å². The first-order valence-corrected chi connectivity index (χ1v) is 9.69. The maximum Gasteiger partial charge on any atom is 0.278 e. The van der Waals surface area contributed by atoms with Gasteiger partial charge in [0, 0.05) is 16.1 Å². The minimum atomic E-state index is -0.261. The van der Waals surface area contributed by atoms with E-state index in [4.69, 9.17) is 21.3 Å². The van der Waals surface area contributed by atoms with Crippen molar-refractivity contribution in [2.24, 2.45) is 4.99 Å². The number of aliphatic imine (C=N–C) groups is 1. The lowest BCUT2D eigenvalue weighted by molar-refractivity contribution is -0.113. The number of anilines is 1. The zero-order valence-electron chi connectivity index (χ0n) is 16.0. The third kappa shape index (κ3) is 2.92. The SMILES string of the molecule is CCOc1cc2c3c(c1)[C@@H](C)CC(C)(C)N3C(=O)C2=Nc1ccc(Cl)cc1. The molecular weight excluding hydrogens is 360 g/mol. The number of nitrogens with zero attached hydrogens (tertiary/aromatic N) is 2. The van der Waals surface area contributed by atoms with Crippen molar-refractivity contribution in [2.75, 3.05) is 11.5 Å². The maximum atomic E-state index is 13.4. The number of hydrogen-bond donors (Lipinski definition) is 0. The van der Waals surface area contributed by atoms with Crippen molar-refractivity contribution >= 4 is 34.6 Å². The van der Waals surface area contributed by atoms with E-state index in [1.165, 1.54) is 0 Å².